The summed E-state index contributed by atoms with van der Waals surface area (Å²) < 4.78 is 0. The molecule has 0 atom stereocenters. The van der Waals surface area contributed by atoms with Gasteiger partial charge in [0.05, 0.1) is 6.07 Å². The zero-order valence-electron chi connectivity index (χ0n) is 12.1. The summed E-state index contributed by atoms with van der Waals surface area (Å²) in [7, 11) is 0. The molecule has 1 rings (SSSR count). The van der Waals surface area contributed by atoms with E-state index in [0.717, 1.165) is 25.2 Å². The molecule has 0 aliphatic carbocycles. The van der Waals surface area contributed by atoms with E-state index in [4.69, 9.17) is 11.1 Å². The second-order valence-electron chi connectivity index (χ2n) is 5.21. The predicted octanol–water partition coefficient (Wildman–Crippen LogP) is 1.66. The van der Waals surface area contributed by atoms with Gasteiger partial charge in [0.25, 0.3) is 5.91 Å². The molecule has 0 heterocycles. The SMILES string of the molecule is CC(C)CN(CCC#N)Cc1cccc(C(=O)NN)c1. The highest BCUT2D eigenvalue weighted by Gasteiger charge is 2.10. The summed E-state index contributed by atoms with van der Waals surface area (Å²) in [4.78, 5) is 13.7. The fourth-order valence-corrected chi connectivity index (χ4v) is 2.11. The second-order valence-corrected chi connectivity index (χ2v) is 5.21. The molecule has 0 aliphatic heterocycles. The van der Waals surface area contributed by atoms with Crippen molar-refractivity contribution in [2.24, 2.45) is 11.8 Å². The molecular weight excluding hydrogens is 252 g/mol. The summed E-state index contributed by atoms with van der Waals surface area (Å²) >= 11 is 0. The minimum Gasteiger partial charge on any atom is -0.298 e. The molecule has 3 N–H and O–H groups in total. The summed E-state index contributed by atoms with van der Waals surface area (Å²) in [5.74, 6) is 5.38. The van der Waals surface area contributed by atoms with Crippen molar-refractivity contribution in [2.45, 2.75) is 26.8 Å². The summed E-state index contributed by atoms with van der Waals surface area (Å²) in [5, 5.41) is 8.72. The Morgan fingerprint density at radius 3 is 2.85 bits per heavy atom. The Morgan fingerprint density at radius 2 is 2.25 bits per heavy atom. The average Bonchev–Trinajstić information content (AvgIpc) is 2.43. The number of amides is 1. The van der Waals surface area contributed by atoms with E-state index < -0.39 is 0 Å². The molecule has 0 bridgehead atoms. The zero-order chi connectivity index (χ0) is 15.0. The van der Waals surface area contributed by atoms with E-state index in [1.807, 2.05) is 18.2 Å². The first-order chi connectivity index (χ1) is 9.56. The van der Waals surface area contributed by atoms with Gasteiger partial charge in [-0.25, -0.2) is 5.84 Å². The highest BCUT2D eigenvalue weighted by molar-refractivity contribution is 5.93. The van der Waals surface area contributed by atoms with Crippen molar-refractivity contribution >= 4 is 5.91 Å². The minimum absolute atomic E-state index is 0.292. The Labute approximate surface area is 120 Å². The van der Waals surface area contributed by atoms with Gasteiger partial charge >= 0.3 is 0 Å². The fourth-order valence-electron chi connectivity index (χ4n) is 2.11. The van der Waals surface area contributed by atoms with E-state index in [0.29, 0.717) is 17.9 Å². The van der Waals surface area contributed by atoms with Gasteiger partial charge < -0.3 is 0 Å². The Morgan fingerprint density at radius 1 is 1.50 bits per heavy atom. The van der Waals surface area contributed by atoms with Crippen LogP contribution >= 0.6 is 0 Å². The summed E-state index contributed by atoms with van der Waals surface area (Å²) in [5.41, 5.74) is 3.73. The van der Waals surface area contributed by atoms with E-state index >= 15 is 0 Å². The van der Waals surface area contributed by atoms with Crippen molar-refractivity contribution in [2.75, 3.05) is 13.1 Å². The second kappa shape index (κ2) is 8.31. The van der Waals surface area contributed by atoms with Gasteiger partial charge in [0.15, 0.2) is 0 Å². The normalized spacial score (nSPS) is 10.6. The molecule has 0 saturated heterocycles. The van der Waals surface area contributed by atoms with Crippen LogP contribution in [0.3, 0.4) is 0 Å². The van der Waals surface area contributed by atoms with Crippen molar-refractivity contribution in [3.05, 3.63) is 35.4 Å². The summed E-state index contributed by atoms with van der Waals surface area (Å²) in [6.07, 6.45) is 0.510. The van der Waals surface area contributed by atoms with E-state index in [-0.39, 0.29) is 5.91 Å². The highest BCUT2D eigenvalue weighted by atomic mass is 16.2. The van der Waals surface area contributed by atoms with Crippen molar-refractivity contribution in [3.8, 4) is 6.07 Å². The molecular formula is C15H22N4O. The van der Waals surface area contributed by atoms with Crippen LogP contribution in [-0.4, -0.2) is 23.9 Å². The number of nitrogens with one attached hydrogen (secondary N) is 1. The Balaban J connectivity index is 2.77. The molecule has 0 saturated carbocycles. The number of rotatable bonds is 7. The number of benzene rings is 1. The standard InChI is InChI=1S/C15H22N4O/c1-12(2)10-19(8-4-7-16)11-13-5-3-6-14(9-13)15(20)18-17/h3,5-6,9,12H,4,8,10-11,17H2,1-2H3,(H,18,20). The fraction of sp³-hybridized carbons (Fsp3) is 0.467. The van der Waals surface area contributed by atoms with Crippen molar-refractivity contribution < 1.29 is 4.79 Å². The van der Waals surface area contributed by atoms with Crippen molar-refractivity contribution in [3.63, 3.8) is 0 Å². The maximum absolute atomic E-state index is 11.5. The molecule has 0 aromatic heterocycles. The molecule has 0 fully saturated rings. The van der Waals surface area contributed by atoms with Crippen LogP contribution in [0.2, 0.25) is 0 Å². The minimum atomic E-state index is -0.292. The van der Waals surface area contributed by atoms with Gasteiger partial charge in [0.1, 0.15) is 0 Å². The van der Waals surface area contributed by atoms with Gasteiger partial charge in [-0.1, -0.05) is 26.0 Å². The Hall–Kier alpha value is -1.90. The number of nitrogen functional groups attached to an aromatic ring is 1. The summed E-state index contributed by atoms with van der Waals surface area (Å²) in [6, 6.07) is 9.56. The Bertz CT molecular complexity index is 479. The van der Waals surface area contributed by atoms with Crippen LogP contribution in [0.4, 0.5) is 0 Å². The molecule has 0 aliphatic rings. The molecule has 5 heteroatoms. The average molecular weight is 274 g/mol. The first kappa shape index (κ1) is 16.2. The number of hydrogen-bond acceptors (Lipinski definition) is 4. The number of hydrazine groups is 1. The quantitative estimate of drug-likeness (QED) is 0.450. The monoisotopic (exact) mass is 274 g/mol. The lowest BCUT2D eigenvalue weighted by Gasteiger charge is -2.23. The largest absolute Gasteiger partial charge is 0.298 e. The van der Waals surface area contributed by atoms with Crippen molar-refractivity contribution in [1.29, 1.82) is 5.26 Å². The molecule has 0 spiro atoms. The third kappa shape index (κ3) is 5.39. The van der Waals surface area contributed by atoms with Crippen LogP contribution in [0.5, 0.6) is 0 Å². The van der Waals surface area contributed by atoms with Gasteiger partial charge in [-0.15, -0.1) is 0 Å². The van der Waals surface area contributed by atoms with Crippen LogP contribution in [0.15, 0.2) is 24.3 Å². The third-order valence-electron chi connectivity index (χ3n) is 2.89. The molecule has 1 aromatic rings. The van der Waals surface area contributed by atoms with Crippen molar-refractivity contribution in [1.82, 2.24) is 10.3 Å². The molecule has 0 radical (unpaired) electrons. The molecule has 5 nitrogen and oxygen atoms in total. The van der Waals surface area contributed by atoms with E-state index in [1.165, 1.54) is 0 Å². The zero-order valence-corrected chi connectivity index (χ0v) is 12.1. The maximum Gasteiger partial charge on any atom is 0.265 e. The van der Waals surface area contributed by atoms with E-state index in [9.17, 15) is 4.79 Å². The lowest BCUT2D eigenvalue weighted by Crippen LogP contribution is -2.30. The first-order valence-corrected chi connectivity index (χ1v) is 6.76. The van der Waals surface area contributed by atoms with E-state index in [1.54, 1.807) is 6.07 Å². The molecule has 1 aromatic carbocycles. The van der Waals surface area contributed by atoms with Gasteiger partial charge in [-0.3, -0.25) is 15.1 Å². The van der Waals surface area contributed by atoms with Crippen LogP contribution in [0.25, 0.3) is 0 Å². The van der Waals surface area contributed by atoms with Gasteiger partial charge in [0, 0.05) is 31.6 Å². The lowest BCUT2D eigenvalue weighted by atomic mass is 10.1. The number of nitrogens with two attached hydrogens (primary N) is 1. The highest BCUT2D eigenvalue weighted by Crippen LogP contribution is 2.10. The maximum atomic E-state index is 11.5. The van der Waals surface area contributed by atoms with Crippen LogP contribution in [-0.2, 0) is 6.54 Å². The molecule has 108 valence electrons. The van der Waals surface area contributed by atoms with Gasteiger partial charge in [0.2, 0.25) is 0 Å². The molecule has 20 heavy (non-hydrogen) atoms. The van der Waals surface area contributed by atoms with E-state index in [2.05, 4.69) is 30.2 Å². The molecule has 0 unspecified atom stereocenters. The lowest BCUT2D eigenvalue weighted by molar-refractivity contribution is 0.0953. The number of carbonyl (C=O) groups is 1. The smallest absolute Gasteiger partial charge is 0.265 e. The third-order valence-corrected chi connectivity index (χ3v) is 2.89. The van der Waals surface area contributed by atoms with Crippen LogP contribution in [0.1, 0.15) is 36.2 Å². The Kier molecular flexibility index (Phi) is 6.71. The predicted molar refractivity (Wildman–Crippen MR) is 78.4 cm³/mol. The van der Waals surface area contributed by atoms with Gasteiger partial charge in [-0.05, 0) is 23.6 Å². The number of nitrogens with zero attached hydrogens (tertiary/aromatic N) is 2. The molecule has 1 amide bonds. The topological polar surface area (TPSA) is 82.2 Å². The number of carbonyl (C=O) groups excluding carboxylic acids is 1. The number of hydrogen-bond donors (Lipinski definition) is 2. The number of nitriles is 1. The first-order valence-electron chi connectivity index (χ1n) is 6.76. The van der Waals surface area contributed by atoms with Crippen LogP contribution < -0.4 is 11.3 Å². The van der Waals surface area contributed by atoms with Gasteiger partial charge in [-0.2, -0.15) is 5.26 Å². The van der Waals surface area contributed by atoms with Crippen LogP contribution in [0, 0.1) is 17.2 Å². The summed E-state index contributed by atoms with van der Waals surface area (Å²) in [6.45, 7) is 6.69.